The molecule has 0 radical (unpaired) electrons. The SMILES string of the molecule is CN=C(NCCN1CCCCC1)N1CCC2(CCOC2)C1.I. The fourth-order valence-electron chi connectivity index (χ4n) is 3.93. The molecule has 1 unspecified atom stereocenters. The van der Waals surface area contributed by atoms with Crippen molar-refractivity contribution in [3.05, 3.63) is 0 Å². The second kappa shape index (κ2) is 8.68. The van der Waals surface area contributed by atoms with Gasteiger partial charge >= 0.3 is 0 Å². The van der Waals surface area contributed by atoms with Gasteiger partial charge in [-0.15, -0.1) is 24.0 Å². The van der Waals surface area contributed by atoms with Gasteiger partial charge in [0.2, 0.25) is 0 Å². The van der Waals surface area contributed by atoms with Crippen molar-refractivity contribution in [3.8, 4) is 0 Å². The van der Waals surface area contributed by atoms with Crippen molar-refractivity contribution in [1.82, 2.24) is 15.1 Å². The van der Waals surface area contributed by atoms with Gasteiger partial charge in [-0.2, -0.15) is 0 Å². The molecular formula is C16H31IN4O. The van der Waals surface area contributed by atoms with Gasteiger partial charge in [-0.05, 0) is 38.8 Å². The van der Waals surface area contributed by atoms with E-state index in [1.807, 2.05) is 7.05 Å². The number of ether oxygens (including phenoxy) is 1. The first-order chi connectivity index (χ1) is 10.3. The van der Waals surface area contributed by atoms with E-state index in [2.05, 4.69) is 20.1 Å². The van der Waals surface area contributed by atoms with Gasteiger partial charge in [0.15, 0.2) is 5.96 Å². The van der Waals surface area contributed by atoms with Crippen LogP contribution >= 0.6 is 24.0 Å². The predicted octanol–water partition coefficient (Wildman–Crippen LogP) is 1.78. The summed E-state index contributed by atoms with van der Waals surface area (Å²) >= 11 is 0. The molecule has 0 aromatic heterocycles. The highest BCUT2D eigenvalue weighted by atomic mass is 127. The van der Waals surface area contributed by atoms with E-state index in [4.69, 9.17) is 4.74 Å². The van der Waals surface area contributed by atoms with E-state index in [9.17, 15) is 0 Å². The van der Waals surface area contributed by atoms with Crippen LogP contribution in [0, 0.1) is 5.41 Å². The Morgan fingerprint density at radius 2 is 2.00 bits per heavy atom. The third kappa shape index (κ3) is 4.47. The molecule has 5 nitrogen and oxygen atoms in total. The Labute approximate surface area is 151 Å². The van der Waals surface area contributed by atoms with E-state index in [-0.39, 0.29) is 24.0 Å². The number of guanidine groups is 1. The maximum atomic E-state index is 5.61. The van der Waals surface area contributed by atoms with Gasteiger partial charge in [0.05, 0.1) is 6.61 Å². The molecule has 128 valence electrons. The molecule has 0 aliphatic carbocycles. The van der Waals surface area contributed by atoms with E-state index >= 15 is 0 Å². The highest BCUT2D eigenvalue weighted by Crippen LogP contribution is 2.38. The molecule has 1 N–H and O–H groups in total. The Bertz CT molecular complexity index is 365. The lowest BCUT2D eigenvalue weighted by Crippen LogP contribution is -2.44. The van der Waals surface area contributed by atoms with E-state index in [1.165, 1.54) is 45.2 Å². The molecule has 0 saturated carbocycles. The molecule has 3 aliphatic heterocycles. The maximum absolute atomic E-state index is 5.61. The summed E-state index contributed by atoms with van der Waals surface area (Å²) in [5, 5.41) is 3.56. The average molecular weight is 422 g/mol. The number of likely N-dealkylation sites (tertiary alicyclic amines) is 2. The van der Waals surface area contributed by atoms with Gasteiger partial charge in [0.25, 0.3) is 0 Å². The molecule has 22 heavy (non-hydrogen) atoms. The number of piperidine rings is 1. The van der Waals surface area contributed by atoms with Crippen molar-refractivity contribution in [1.29, 1.82) is 0 Å². The number of nitrogens with one attached hydrogen (secondary N) is 1. The van der Waals surface area contributed by atoms with E-state index in [1.54, 1.807) is 0 Å². The van der Waals surface area contributed by atoms with Gasteiger partial charge in [-0.1, -0.05) is 6.42 Å². The first kappa shape index (κ1) is 18.3. The topological polar surface area (TPSA) is 40.1 Å². The quantitative estimate of drug-likeness (QED) is 0.428. The predicted molar refractivity (Wildman–Crippen MR) is 101 cm³/mol. The van der Waals surface area contributed by atoms with Gasteiger partial charge in [-0.3, -0.25) is 4.99 Å². The van der Waals surface area contributed by atoms with Crippen LogP contribution in [0.1, 0.15) is 32.1 Å². The minimum Gasteiger partial charge on any atom is -0.381 e. The first-order valence-corrected chi connectivity index (χ1v) is 8.57. The Balaban J connectivity index is 0.00000176. The molecule has 3 heterocycles. The molecule has 3 aliphatic rings. The van der Waals surface area contributed by atoms with E-state index < -0.39 is 0 Å². The van der Waals surface area contributed by atoms with E-state index in [0.29, 0.717) is 5.41 Å². The number of halogens is 1. The maximum Gasteiger partial charge on any atom is 0.193 e. The van der Waals surface area contributed by atoms with Gasteiger partial charge in [0, 0.05) is 45.2 Å². The average Bonchev–Trinajstić information content (AvgIpc) is 3.15. The van der Waals surface area contributed by atoms with Crippen LogP contribution < -0.4 is 5.32 Å². The Morgan fingerprint density at radius 1 is 1.18 bits per heavy atom. The summed E-state index contributed by atoms with van der Waals surface area (Å²) in [6, 6.07) is 0. The molecule has 1 atom stereocenters. The zero-order chi connectivity index (χ0) is 14.5. The van der Waals surface area contributed by atoms with Crippen LogP contribution in [0.25, 0.3) is 0 Å². The van der Waals surface area contributed by atoms with Crippen LogP contribution in [0.3, 0.4) is 0 Å². The smallest absolute Gasteiger partial charge is 0.193 e. The van der Waals surface area contributed by atoms with Crippen LogP contribution in [0.15, 0.2) is 4.99 Å². The number of aliphatic imine (C=N–C) groups is 1. The van der Waals surface area contributed by atoms with Crippen molar-refractivity contribution in [2.75, 3.05) is 59.5 Å². The largest absolute Gasteiger partial charge is 0.381 e. The fraction of sp³-hybridized carbons (Fsp3) is 0.938. The van der Waals surface area contributed by atoms with Gasteiger partial charge in [0.1, 0.15) is 0 Å². The molecule has 3 rings (SSSR count). The van der Waals surface area contributed by atoms with Crippen molar-refractivity contribution in [3.63, 3.8) is 0 Å². The summed E-state index contributed by atoms with van der Waals surface area (Å²) < 4.78 is 5.61. The Morgan fingerprint density at radius 3 is 2.68 bits per heavy atom. The van der Waals surface area contributed by atoms with Crippen molar-refractivity contribution in [2.24, 2.45) is 10.4 Å². The molecule has 3 fully saturated rings. The highest BCUT2D eigenvalue weighted by Gasteiger charge is 2.42. The van der Waals surface area contributed by atoms with Crippen LogP contribution in [-0.4, -0.2) is 75.3 Å². The van der Waals surface area contributed by atoms with Crippen LogP contribution in [0.4, 0.5) is 0 Å². The normalized spacial score (nSPS) is 29.9. The molecule has 0 aromatic rings. The molecule has 0 amide bonds. The lowest BCUT2D eigenvalue weighted by Gasteiger charge is -2.28. The molecule has 0 bridgehead atoms. The second-order valence-corrected chi connectivity index (χ2v) is 6.85. The lowest BCUT2D eigenvalue weighted by molar-refractivity contribution is 0.156. The van der Waals surface area contributed by atoms with Gasteiger partial charge < -0.3 is 19.9 Å². The zero-order valence-electron chi connectivity index (χ0n) is 13.9. The number of nitrogens with zero attached hydrogens (tertiary/aromatic N) is 3. The summed E-state index contributed by atoms with van der Waals surface area (Å²) in [5.74, 6) is 1.08. The van der Waals surface area contributed by atoms with Crippen molar-refractivity contribution in [2.45, 2.75) is 32.1 Å². The third-order valence-electron chi connectivity index (χ3n) is 5.29. The van der Waals surface area contributed by atoms with Crippen molar-refractivity contribution >= 4 is 29.9 Å². The fourth-order valence-corrected chi connectivity index (χ4v) is 3.93. The Kier molecular flexibility index (Phi) is 7.21. The summed E-state index contributed by atoms with van der Waals surface area (Å²) in [7, 11) is 1.90. The number of rotatable bonds is 3. The van der Waals surface area contributed by atoms with E-state index in [0.717, 1.165) is 45.4 Å². The minimum absolute atomic E-state index is 0. The van der Waals surface area contributed by atoms with Crippen LogP contribution in [-0.2, 0) is 4.74 Å². The van der Waals surface area contributed by atoms with Crippen LogP contribution in [0.5, 0.6) is 0 Å². The monoisotopic (exact) mass is 422 g/mol. The number of hydrogen-bond acceptors (Lipinski definition) is 3. The van der Waals surface area contributed by atoms with Crippen LogP contribution in [0.2, 0.25) is 0 Å². The van der Waals surface area contributed by atoms with Crippen molar-refractivity contribution < 1.29 is 4.74 Å². The first-order valence-electron chi connectivity index (χ1n) is 8.57. The number of hydrogen-bond donors (Lipinski definition) is 1. The molecular weight excluding hydrogens is 391 g/mol. The van der Waals surface area contributed by atoms with Gasteiger partial charge in [-0.25, -0.2) is 0 Å². The second-order valence-electron chi connectivity index (χ2n) is 6.85. The highest BCUT2D eigenvalue weighted by molar-refractivity contribution is 14.0. The molecule has 3 saturated heterocycles. The summed E-state index contributed by atoms with van der Waals surface area (Å²) in [6.45, 7) is 8.79. The summed E-state index contributed by atoms with van der Waals surface area (Å²) in [4.78, 5) is 9.47. The molecule has 1 spiro atoms. The summed E-state index contributed by atoms with van der Waals surface area (Å²) in [5.41, 5.74) is 0.407. The minimum atomic E-state index is 0. The molecule has 6 heteroatoms. The lowest BCUT2D eigenvalue weighted by atomic mass is 9.87. The Hall–Kier alpha value is -0.0800. The summed E-state index contributed by atoms with van der Waals surface area (Å²) in [6.07, 6.45) is 6.60. The standard InChI is InChI=1S/C16H30N4O.HI/c1-17-15(18-7-11-19-8-3-2-4-9-19)20-10-5-16(13-20)6-12-21-14-16;/h2-14H2,1H3,(H,17,18);1H. The molecule has 0 aromatic carbocycles. The zero-order valence-corrected chi connectivity index (χ0v) is 16.2. The third-order valence-corrected chi connectivity index (χ3v) is 5.29.